The lowest BCUT2D eigenvalue weighted by atomic mass is 9.97. The van der Waals surface area contributed by atoms with Crippen LogP contribution >= 0.6 is 0 Å². The van der Waals surface area contributed by atoms with E-state index in [1.165, 1.54) is 19.9 Å². The molecular weight excluding hydrogens is 236 g/mol. The van der Waals surface area contributed by atoms with E-state index in [1.807, 2.05) is 0 Å². The van der Waals surface area contributed by atoms with Crippen LogP contribution in [-0.2, 0) is 11.2 Å². The standard InChI is InChI=1S/C13H16O5/c1-7(15)3-10(16)4-9-5-12(17)8(2)13(18)11(9)6-14/h5-7,15,17-18H,3-4H2,1-2H3/t7-/m1/s1. The molecule has 0 spiro atoms. The normalized spacial score (nSPS) is 12.2. The van der Waals surface area contributed by atoms with Crippen molar-refractivity contribution < 1.29 is 24.9 Å². The lowest BCUT2D eigenvalue weighted by Crippen LogP contribution is -2.12. The summed E-state index contributed by atoms with van der Waals surface area (Å²) in [4.78, 5) is 22.5. The van der Waals surface area contributed by atoms with Crippen molar-refractivity contribution in [2.75, 3.05) is 0 Å². The van der Waals surface area contributed by atoms with E-state index in [9.17, 15) is 19.8 Å². The molecule has 98 valence electrons. The first kappa shape index (κ1) is 14.2. The minimum Gasteiger partial charge on any atom is -0.508 e. The van der Waals surface area contributed by atoms with Gasteiger partial charge in [0.05, 0.1) is 11.7 Å². The van der Waals surface area contributed by atoms with Crippen molar-refractivity contribution in [3.05, 3.63) is 22.8 Å². The monoisotopic (exact) mass is 252 g/mol. The van der Waals surface area contributed by atoms with E-state index in [4.69, 9.17) is 5.11 Å². The lowest BCUT2D eigenvalue weighted by molar-refractivity contribution is -0.120. The fourth-order valence-corrected chi connectivity index (χ4v) is 1.72. The van der Waals surface area contributed by atoms with Crippen molar-refractivity contribution in [3.63, 3.8) is 0 Å². The Morgan fingerprint density at radius 2 is 2.06 bits per heavy atom. The quantitative estimate of drug-likeness (QED) is 0.682. The summed E-state index contributed by atoms with van der Waals surface area (Å²) in [5, 5.41) is 28.4. The van der Waals surface area contributed by atoms with Gasteiger partial charge in [-0.05, 0) is 25.5 Å². The van der Waals surface area contributed by atoms with Gasteiger partial charge in [0.15, 0.2) is 6.29 Å². The summed E-state index contributed by atoms with van der Waals surface area (Å²) >= 11 is 0. The number of aldehydes is 1. The van der Waals surface area contributed by atoms with Gasteiger partial charge in [0, 0.05) is 18.4 Å². The van der Waals surface area contributed by atoms with Crippen molar-refractivity contribution >= 4 is 12.1 Å². The van der Waals surface area contributed by atoms with Gasteiger partial charge in [-0.3, -0.25) is 9.59 Å². The van der Waals surface area contributed by atoms with Crippen LogP contribution in [0, 0.1) is 6.92 Å². The molecule has 5 nitrogen and oxygen atoms in total. The summed E-state index contributed by atoms with van der Waals surface area (Å²) in [6.45, 7) is 2.96. The number of phenolic OH excluding ortho intramolecular Hbond substituents is 2. The highest BCUT2D eigenvalue weighted by Gasteiger charge is 2.17. The number of aliphatic hydroxyl groups excluding tert-OH is 1. The van der Waals surface area contributed by atoms with Crippen LogP contribution in [0.2, 0.25) is 0 Å². The number of hydrogen-bond acceptors (Lipinski definition) is 5. The Bertz CT molecular complexity index is 477. The number of carbonyl (C=O) groups is 2. The summed E-state index contributed by atoms with van der Waals surface area (Å²) in [5.41, 5.74) is 0.462. The molecule has 1 aromatic carbocycles. The first-order valence-electron chi connectivity index (χ1n) is 5.56. The summed E-state index contributed by atoms with van der Waals surface area (Å²) in [6.07, 6.45) is -0.453. The predicted octanol–water partition coefficient (Wildman–Crippen LogP) is 1.10. The Morgan fingerprint density at radius 3 is 2.56 bits per heavy atom. The Kier molecular flexibility index (Phi) is 4.44. The first-order chi connectivity index (χ1) is 8.36. The van der Waals surface area contributed by atoms with Crippen molar-refractivity contribution in [2.45, 2.75) is 32.8 Å². The molecule has 1 rings (SSSR count). The third-order valence-corrected chi connectivity index (χ3v) is 2.68. The third-order valence-electron chi connectivity index (χ3n) is 2.68. The number of aromatic hydroxyl groups is 2. The Hall–Kier alpha value is -1.88. The summed E-state index contributed by atoms with van der Waals surface area (Å²) in [7, 11) is 0. The average molecular weight is 252 g/mol. The molecule has 0 bridgehead atoms. The molecule has 0 saturated carbocycles. The highest BCUT2D eigenvalue weighted by atomic mass is 16.3. The summed E-state index contributed by atoms with van der Waals surface area (Å²) in [6, 6.07) is 1.29. The lowest BCUT2D eigenvalue weighted by Gasteiger charge is -2.11. The molecule has 0 fully saturated rings. The molecule has 0 saturated heterocycles. The van der Waals surface area contributed by atoms with Crippen LogP contribution < -0.4 is 0 Å². The molecule has 0 amide bonds. The van der Waals surface area contributed by atoms with Crippen LogP contribution in [0.15, 0.2) is 6.07 Å². The van der Waals surface area contributed by atoms with E-state index in [0.29, 0.717) is 6.29 Å². The summed E-state index contributed by atoms with van der Waals surface area (Å²) < 4.78 is 0. The van der Waals surface area contributed by atoms with Gasteiger partial charge in [0.2, 0.25) is 0 Å². The van der Waals surface area contributed by atoms with Gasteiger partial charge in [0.1, 0.15) is 17.3 Å². The molecule has 1 aromatic rings. The van der Waals surface area contributed by atoms with Crippen molar-refractivity contribution in [1.82, 2.24) is 0 Å². The number of aliphatic hydroxyl groups is 1. The molecule has 0 unspecified atom stereocenters. The van der Waals surface area contributed by atoms with Crippen LogP contribution in [0.25, 0.3) is 0 Å². The number of Topliss-reactive ketones (excluding diaryl/α,β-unsaturated/α-hetero) is 1. The molecule has 0 aliphatic heterocycles. The van der Waals surface area contributed by atoms with Crippen molar-refractivity contribution in [2.24, 2.45) is 0 Å². The number of ketones is 1. The van der Waals surface area contributed by atoms with Crippen LogP contribution in [0.3, 0.4) is 0 Å². The van der Waals surface area contributed by atoms with Gasteiger partial charge in [-0.15, -0.1) is 0 Å². The maximum atomic E-state index is 11.6. The number of benzene rings is 1. The SMILES string of the molecule is Cc1c(O)cc(CC(=O)C[C@@H](C)O)c(C=O)c1O. The van der Waals surface area contributed by atoms with Gasteiger partial charge in [-0.25, -0.2) is 0 Å². The zero-order valence-electron chi connectivity index (χ0n) is 10.3. The van der Waals surface area contributed by atoms with E-state index >= 15 is 0 Å². The molecule has 5 heteroatoms. The zero-order chi connectivity index (χ0) is 13.9. The first-order valence-corrected chi connectivity index (χ1v) is 5.56. The smallest absolute Gasteiger partial charge is 0.154 e. The second kappa shape index (κ2) is 5.64. The molecular formula is C13H16O5. The van der Waals surface area contributed by atoms with E-state index in [2.05, 4.69) is 0 Å². The highest BCUT2D eigenvalue weighted by Crippen LogP contribution is 2.32. The molecule has 0 aromatic heterocycles. The Labute approximate surface area is 105 Å². The van der Waals surface area contributed by atoms with Gasteiger partial charge >= 0.3 is 0 Å². The number of phenols is 2. The molecule has 0 aliphatic rings. The second-order valence-electron chi connectivity index (χ2n) is 4.33. The maximum Gasteiger partial charge on any atom is 0.154 e. The molecule has 0 heterocycles. The topological polar surface area (TPSA) is 94.8 Å². The van der Waals surface area contributed by atoms with Crippen molar-refractivity contribution in [3.8, 4) is 11.5 Å². The van der Waals surface area contributed by atoms with E-state index in [0.717, 1.165) is 0 Å². The van der Waals surface area contributed by atoms with E-state index in [1.54, 1.807) is 0 Å². The fraction of sp³-hybridized carbons (Fsp3) is 0.385. The van der Waals surface area contributed by atoms with Crippen LogP contribution in [0.1, 0.15) is 34.8 Å². The largest absolute Gasteiger partial charge is 0.508 e. The van der Waals surface area contributed by atoms with Crippen molar-refractivity contribution in [1.29, 1.82) is 0 Å². The fourth-order valence-electron chi connectivity index (χ4n) is 1.72. The van der Waals surface area contributed by atoms with Gasteiger partial charge in [0.25, 0.3) is 0 Å². The molecule has 18 heavy (non-hydrogen) atoms. The highest BCUT2D eigenvalue weighted by molar-refractivity contribution is 5.88. The minimum atomic E-state index is -0.759. The van der Waals surface area contributed by atoms with Gasteiger partial charge in [-0.1, -0.05) is 0 Å². The number of rotatable bonds is 5. The zero-order valence-corrected chi connectivity index (χ0v) is 10.3. The third kappa shape index (κ3) is 3.07. The van der Waals surface area contributed by atoms with Crippen LogP contribution in [0.4, 0.5) is 0 Å². The van der Waals surface area contributed by atoms with Crippen LogP contribution in [0.5, 0.6) is 11.5 Å². The number of hydrogen-bond donors (Lipinski definition) is 3. The van der Waals surface area contributed by atoms with E-state index < -0.39 is 6.10 Å². The summed E-state index contributed by atoms with van der Waals surface area (Å²) in [5.74, 6) is -0.751. The molecule has 0 radical (unpaired) electrons. The molecule has 1 atom stereocenters. The number of carbonyl (C=O) groups excluding carboxylic acids is 2. The van der Waals surface area contributed by atoms with E-state index in [-0.39, 0.29) is 46.8 Å². The second-order valence-corrected chi connectivity index (χ2v) is 4.33. The Balaban J connectivity index is 3.09. The molecule has 0 aliphatic carbocycles. The van der Waals surface area contributed by atoms with Crippen LogP contribution in [-0.4, -0.2) is 33.5 Å². The van der Waals surface area contributed by atoms with Gasteiger partial charge < -0.3 is 15.3 Å². The minimum absolute atomic E-state index is 0.00393. The average Bonchev–Trinajstić information content (AvgIpc) is 2.25. The Morgan fingerprint density at radius 1 is 1.44 bits per heavy atom. The maximum absolute atomic E-state index is 11.6. The molecule has 3 N–H and O–H groups in total. The van der Waals surface area contributed by atoms with Gasteiger partial charge in [-0.2, -0.15) is 0 Å². The predicted molar refractivity (Wildman–Crippen MR) is 64.9 cm³/mol.